The molecule has 0 aromatic heterocycles. The predicted octanol–water partition coefficient (Wildman–Crippen LogP) is 0.647. The molecule has 4 atom stereocenters. The number of hydrogen-bond acceptors (Lipinski definition) is 9. The zero-order chi connectivity index (χ0) is 29.1. The molecule has 0 fully saturated rings. The van der Waals surface area contributed by atoms with Crippen molar-refractivity contribution < 1.29 is 49.4 Å². The van der Waals surface area contributed by atoms with Crippen LogP contribution in [0, 0.1) is 5.82 Å². The maximum Gasteiger partial charge on any atom is 0.332 e. The number of aliphatic hydroxyl groups excluding tert-OH is 5. The molecule has 2 aromatic carbocycles. The van der Waals surface area contributed by atoms with Gasteiger partial charge in [-0.15, -0.1) is 0 Å². The van der Waals surface area contributed by atoms with Gasteiger partial charge in [0.15, 0.2) is 0 Å². The van der Waals surface area contributed by atoms with Crippen LogP contribution in [0.2, 0.25) is 0 Å². The number of carboxylic acid groups (broad SMARTS) is 1. The SMILES string of the molecule is CNC[C@H](O)[C@@H](O)[C@H](O)[C@H](O)CO.COc1cccc(-c2ccc(NC(=O)C3=C(C(=O)O)CCC3)c(F)c2)c1. The molecule has 0 bridgehead atoms. The van der Waals surface area contributed by atoms with Crippen LogP contribution in [0.15, 0.2) is 53.6 Å². The number of rotatable bonds is 11. The number of anilines is 1. The van der Waals surface area contributed by atoms with E-state index in [0.717, 1.165) is 5.56 Å². The average Bonchev–Trinajstić information content (AvgIpc) is 3.44. The zero-order valence-corrected chi connectivity index (χ0v) is 21.7. The van der Waals surface area contributed by atoms with Crippen LogP contribution in [0.5, 0.6) is 5.75 Å². The number of carboxylic acids is 1. The maximum absolute atomic E-state index is 14.4. The minimum Gasteiger partial charge on any atom is -0.497 e. The summed E-state index contributed by atoms with van der Waals surface area (Å²) in [5, 5.41) is 59.1. The first kappa shape index (κ1) is 31.8. The van der Waals surface area contributed by atoms with E-state index in [-0.39, 0.29) is 23.4 Å². The van der Waals surface area contributed by atoms with Gasteiger partial charge >= 0.3 is 5.97 Å². The monoisotopic (exact) mass is 550 g/mol. The number of carbonyl (C=O) groups is 2. The summed E-state index contributed by atoms with van der Waals surface area (Å²) < 4.78 is 19.6. The van der Waals surface area contributed by atoms with Crippen LogP contribution in [0.3, 0.4) is 0 Å². The molecular weight excluding hydrogens is 515 g/mol. The number of amides is 1. The van der Waals surface area contributed by atoms with E-state index in [1.807, 2.05) is 12.1 Å². The fourth-order valence-electron chi connectivity index (χ4n) is 3.92. The molecule has 0 saturated heterocycles. The summed E-state index contributed by atoms with van der Waals surface area (Å²) in [6.07, 6.45) is -4.29. The normalized spacial score (nSPS) is 16.0. The number of aliphatic carboxylic acids is 1. The van der Waals surface area contributed by atoms with Gasteiger partial charge in [-0.25, -0.2) is 9.18 Å². The topological polar surface area (TPSA) is 189 Å². The molecule has 3 rings (SSSR count). The Hall–Kier alpha value is -3.39. The number of halogens is 1. The van der Waals surface area contributed by atoms with Crippen LogP contribution >= 0.6 is 0 Å². The van der Waals surface area contributed by atoms with E-state index >= 15 is 0 Å². The van der Waals surface area contributed by atoms with E-state index < -0.39 is 48.7 Å². The number of benzene rings is 2. The second kappa shape index (κ2) is 15.3. The molecule has 0 heterocycles. The number of aliphatic hydroxyl groups is 5. The molecular formula is C27H35FN2O9. The van der Waals surface area contributed by atoms with Crippen LogP contribution < -0.4 is 15.4 Å². The van der Waals surface area contributed by atoms with E-state index in [1.165, 1.54) is 12.1 Å². The highest BCUT2D eigenvalue weighted by atomic mass is 19.1. The maximum atomic E-state index is 14.4. The Morgan fingerprint density at radius 1 is 0.974 bits per heavy atom. The van der Waals surface area contributed by atoms with E-state index in [9.17, 15) is 19.1 Å². The lowest BCUT2D eigenvalue weighted by atomic mass is 10.0. The van der Waals surface area contributed by atoms with Crippen LogP contribution in [-0.2, 0) is 9.59 Å². The van der Waals surface area contributed by atoms with Crippen molar-refractivity contribution in [3.8, 4) is 16.9 Å². The Morgan fingerprint density at radius 2 is 1.62 bits per heavy atom. The van der Waals surface area contributed by atoms with Crippen LogP contribution in [0.4, 0.5) is 10.1 Å². The second-order valence-corrected chi connectivity index (χ2v) is 8.85. The van der Waals surface area contributed by atoms with Crippen LogP contribution in [0.25, 0.3) is 11.1 Å². The second-order valence-electron chi connectivity index (χ2n) is 8.85. The van der Waals surface area contributed by atoms with Crippen molar-refractivity contribution in [2.45, 2.75) is 43.7 Å². The predicted molar refractivity (Wildman–Crippen MR) is 141 cm³/mol. The molecule has 2 aromatic rings. The largest absolute Gasteiger partial charge is 0.497 e. The summed E-state index contributed by atoms with van der Waals surface area (Å²) in [7, 11) is 3.13. The van der Waals surface area contributed by atoms with Gasteiger partial charge in [0.25, 0.3) is 5.91 Å². The summed E-state index contributed by atoms with van der Waals surface area (Å²) in [6.45, 7) is -0.569. The van der Waals surface area contributed by atoms with Gasteiger partial charge in [-0.05, 0) is 61.7 Å². The van der Waals surface area contributed by atoms with Gasteiger partial charge in [-0.2, -0.15) is 0 Å². The Kier molecular flexibility index (Phi) is 12.5. The summed E-state index contributed by atoms with van der Waals surface area (Å²) in [4.78, 5) is 23.5. The van der Waals surface area contributed by atoms with Crippen molar-refractivity contribution in [1.29, 1.82) is 0 Å². The van der Waals surface area contributed by atoms with Gasteiger partial charge in [-0.1, -0.05) is 18.2 Å². The molecule has 11 nitrogen and oxygen atoms in total. The minimum absolute atomic E-state index is 0.0192. The first-order valence-corrected chi connectivity index (χ1v) is 12.2. The Labute approximate surface area is 225 Å². The number of ether oxygens (including phenoxy) is 1. The molecule has 39 heavy (non-hydrogen) atoms. The summed E-state index contributed by atoms with van der Waals surface area (Å²) in [5.74, 6) is -1.58. The van der Waals surface area contributed by atoms with Gasteiger partial charge in [0.05, 0.1) is 25.5 Å². The van der Waals surface area contributed by atoms with Crippen molar-refractivity contribution in [3.63, 3.8) is 0 Å². The number of hydrogen-bond donors (Lipinski definition) is 8. The minimum atomic E-state index is -1.55. The molecule has 8 N–H and O–H groups in total. The lowest BCUT2D eigenvalue weighted by Crippen LogP contribution is -2.48. The third-order valence-corrected chi connectivity index (χ3v) is 6.11. The average molecular weight is 551 g/mol. The highest BCUT2D eigenvalue weighted by Crippen LogP contribution is 2.30. The number of nitrogens with one attached hydrogen (secondary N) is 2. The fraction of sp³-hybridized carbons (Fsp3) is 0.407. The highest BCUT2D eigenvalue weighted by Gasteiger charge is 2.29. The molecule has 1 amide bonds. The molecule has 0 spiro atoms. The smallest absolute Gasteiger partial charge is 0.332 e. The van der Waals surface area contributed by atoms with E-state index in [0.29, 0.717) is 30.6 Å². The van der Waals surface area contributed by atoms with E-state index in [2.05, 4.69) is 10.6 Å². The summed E-state index contributed by atoms with van der Waals surface area (Å²) in [6, 6.07) is 11.7. The van der Waals surface area contributed by atoms with Crippen molar-refractivity contribution in [3.05, 3.63) is 59.4 Å². The van der Waals surface area contributed by atoms with Gasteiger partial charge in [-0.3, -0.25) is 4.79 Å². The molecule has 1 aliphatic rings. The molecule has 0 radical (unpaired) electrons. The van der Waals surface area contributed by atoms with Crippen molar-refractivity contribution in [2.24, 2.45) is 0 Å². The molecule has 214 valence electrons. The Balaban J connectivity index is 0.000000349. The first-order valence-electron chi connectivity index (χ1n) is 12.2. The Morgan fingerprint density at radius 3 is 2.21 bits per heavy atom. The molecule has 12 heteroatoms. The van der Waals surface area contributed by atoms with Crippen LogP contribution in [0.1, 0.15) is 19.3 Å². The van der Waals surface area contributed by atoms with Gasteiger partial charge in [0, 0.05) is 17.7 Å². The number of likely N-dealkylation sites (N-methyl/N-ethyl adjacent to an activating group) is 1. The standard InChI is InChI=1S/C20H18FNO4.C7H17NO5/c1-26-14-5-2-4-12(10-14)13-8-9-18(17(21)11-13)22-19(23)15-6-3-7-16(15)20(24)25;1-8-2-4(10)6(12)7(13)5(11)3-9/h2,4-5,8-11H,3,6-7H2,1H3,(H,22,23)(H,24,25);4-13H,2-3H2,1H3/t;4-,5+,6+,7+/m.0/s1. The quantitative estimate of drug-likeness (QED) is 0.197. The van der Waals surface area contributed by atoms with Crippen molar-refractivity contribution >= 4 is 17.6 Å². The highest BCUT2D eigenvalue weighted by molar-refractivity contribution is 6.09. The van der Waals surface area contributed by atoms with Gasteiger partial charge in [0.1, 0.15) is 29.9 Å². The van der Waals surface area contributed by atoms with E-state index in [4.69, 9.17) is 30.3 Å². The number of carbonyl (C=O) groups excluding carboxylic acids is 1. The van der Waals surface area contributed by atoms with Gasteiger partial charge in [0.2, 0.25) is 0 Å². The molecule has 1 aliphatic carbocycles. The molecule has 0 saturated carbocycles. The van der Waals surface area contributed by atoms with E-state index in [1.54, 1.807) is 32.4 Å². The zero-order valence-electron chi connectivity index (χ0n) is 21.7. The fourth-order valence-corrected chi connectivity index (χ4v) is 3.92. The lowest BCUT2D eigenvalue weighted by Gasteiger charge is -2.25. The first-order chi connectivity index (χ1) is 18.5. The van der Waals surface area contributed by atoms with Crippen molar-refractivity contribution in [1.82, 2.24) is 5.32 Å². The third-order valence-electron chi connectivity index (χ3n) is 6.11. The van der Waals surface area contributed by atoms with Gasteiger partial charge < -0.3 is 46.0 Å². The van der Waals surface area contributed by atoms with Crippen LogP contribution in [-0.4, -0.2) is 94.2 Å². The molecule has 0 unspecified atom stereocenters. The number of methoxy groups -OCH3 is 1. The van der Waals surface area contributed by atoms with Crippen molar-refractivity contribution in [2.75, 3.05) is 32.6 Å². The lowest BCUT2D eigenvalue weighted by molar-refractivity contribution is -0.133. The summed E-state index contributed by atoms with van der Waals surface area (Å²) >= 11 is 0. The molecule has 0 aliphatic heterocycles. The Bertz CT molecular complexity index is 1160. The summed E-state index contributed by atoms with van der Waals surface area (Å²) in [5.41, 5.74) is 1.77. The third kappa shape index (κ3) is 8.82.